The van der Waals surface area contributed by atoms with Crippen LogP contribution in [0.25, 0.3) is 0 Å². The SMILES string of the molecule is CC(C)C(NC(=O)[C@@H]1CCCN1C(=O)[C@H](C)NC(=O)c1ccc(C(=O)NCCCC(=O)O)cc1)C(=O)C(F)(F)F. The molecule has 0 aliphatic carbocycles. The number of amides is 4. The molecule has 14 heteroatoms. The first-order chi connectivity index (χ1) is 18.6. The minimum atomic E-state index is -5.13. The Labute approximate surface area is 228 Å². The highest BCUT2D eigenvalue weighted by Gasteiger charge is 2.46. The smallest absolute Gasteiger partial charge is 0.452 e. The average molecular weight is 571 g/mol. The van der Waals surface area contributed by atoms with E-state index in [1.165, 1.54) is 49.9 Å². The zero-order valence-electron chi connectivity index (χ0n) is 22.3. The van der Waals surface area contributed by atoms with E-state index in [4.69, 9.17) is 5.11 Å². The maximum atomic E-state index is 13.0. The number of carboxylic acids is 1. The van der Waals surface area contributed by atoms with Crippen LogP contribution >= 0.6 is 0 Å². The van der Waals surface area contributed by atoms with Crippen molar-refractivity contribution in [2.75, 3.05) is 13.1 Å². The molecule has 4 N–H and O–H groups in total. The fourth-order valence-electron chi connectivity index (χ4n) is 4.17. The number of alkyl halides is 3. The van der Waals surface area contributed by atoms with E-state index >= 15 is 0 Å². The minimum absolute atomic E-state index is 0.0880. The van der Waals surface area contributed by atoms with Crippen LogP contribution in [-0.2, 0) is 19.2 Å². The van der Waals surface area contributed by atoms with Crippen molar-refractivity contribution in [3.63, 3.8) is 0 Å². The largest absolute Gasteiger partial charge is 0.481 e. The summed E-state index contributed by atoms with van der Waals surface area (Å²) in [5.74, 6) is -6.46. The lowest BCUT2D eigenvalue weighted by Crippen LogP contribution is -2.56. The molecular weight excluding hydrogens is 537 g/mol. The van der Waals surface area contributed by atoms with Crippen LogP contribution in [-0.4, -0.2) is 82.8 Å². The molecule has 0 aromatic heterocycles. The fourth-order valence-corrected chi connectivity index (χ4v) is 4.17. The van der Waals surface area contributed by atoms with Crippen LogP contribution in [0.15, 0.2) is 24.3 Å². The third kappa shape index (κ3) is 8.78. The number of carboxylic acid groups (broad SMARTS) is 1. The van der Waals surface area contributed by atoms with Crippen molar-refractivity contribution in [1.82, 2.24) is 20.9 Å². The molecule has 1 aromatic carbocycles. The second-order valence-electron chi connectivity index (χ2n) is 9.81. The van der Waals surface area contributed by atoms with E-state index in [9.17, 15) is 41.9 Å². The quantitative estimate of drug-likeness (QED) is 0.278. The zero-order valence-corrected chi connectivity index (χ0v) is 22.3. The van der Waals surface area contributed by atoms with E-state index in [1.54, 1.807) is 0 Å². The van der Waals surface area contributed by atoms with Gasteiger partial charge in [-0.15, -0.1) is 0 Å². The second kappa shape index (κ2) is 13.9. The molecular formula is C26H33F3N4O7. The number of hydrogen-bond donors (Lipinski definition) is 4. The van der Waals surface area contributed by atoms with Gasteiger partial charge in [-0.25, -0.2) is 0 Å². The number of benzene rings is 1. The van der Waals surface area contributed by atoms with Gasteiger partial charge in [0.05, 0.1) is 6.04 Å². The van der Waals surface area contributed by atoms with Crippen LogP contribution in [0.3, 0.4) is 0 Å². The Bertz CT molecular complexity index is 1120. The van der Waals surface area contributed by atoms with Crippen molar-refractivity contribution in [2.24, 2.45) is 5.92 Å². The van der Waals surface area contributed by atoms with E-state index in [2.05, 4.69) is 16.0 Å². The lowest BCUT2D eigenvalue weighted by molar-refractivity contribution is -0.175. The molecule has 220 valence electrons. The van der Waals surface area contributed by atoms with E-state index in [0.29, 0.717) is 6.42 Å². The number of nitrogens with one attached hydrogen (secondary N) is 3. The summed E-state index contributed by atoms with van der Waals surface area (Å²) in [5, 5.41) is 15.8. The predicted molar refractivity (Wildman–Crippen MR) is 135 cm³/mol. The number of hydrogen-bond acceptors (Lipinski definition) is 6. The van der Waals surface area contributed by atoms with Crippen LogP contribution in [0, 0.1) is 5.92 Å². The molecule has 0 spiro atoms. The van der Waals surface area contributed by atoms with Gasteiger partial charge in [-0.1, -0.05) is 13.8 Å². The Morgan fingerprint density at radius 2 is 1.55 bits per heavy atom. The second-order valence-corrected chi connectivity index (χ2v) is 9.81. The summed E-state index contributed by atoms with van der Waals surface area (Å²) in [6.45, 7) is 4.44. The minimum Gasteiger partial charge on any atom is -0.481 e. The lowest BCUT2D eigenvalue weighted by Gasteiger charge is -2.29. The van der Waals surface area contributed by atoms with Crippen molar-refractivity contribution in [3.05, 3.63) is 35.4 Å². The average Bonchev–Trinajstić information content (AvgIpc) is 3.38. The van der Waals surface area contributed by atoms with Crippen molar-refractivity contribution in [1.29, 1.82) is 0 Å². The van der Waals surface area contributed by atoms with Crippen LogP contribution in [0.5, 0.6) is 0 Å². The number of nitrogens with zero attached hydrogens (tertiary/aromatic N) is 1. The highest BCUT2D eigenvalue weighted by Crippen LogP contribution is 2.23. The normalized spacial score (nSPS) is 16.7. The number of aliphatic carboxylic acids is 1. The lowest BCUT2D eigenvalue weighted by atomic mass is 9.98. The Balaban J connectivity index is 1.98. The van der Waals surface area contributed by atoms with Gasteiger partial charge in [-0.3, -0.25) is 28.8 Å². The van der Waals surface area contributed by atoms with Crippen LogP contribution in [0.2, 0.25) is 0 Å². The summed E-state index contributed by atoms with van der Waals surface area (Å²) >= 11 is 0. The Morgan fingerprint density at radius 3 is 2.08 bits per heavy atom. The third-order valence-electron chi connectivity index (χ3n) is 6.35. The van der Waals surface area contributed by atoms with Crippen LogP contribution in [0.1, 0.15) is 67.2 Å². The van der Waals surface area contributed by atoms with Crippen molar-refractivity contribution >= 4 is 35.4 Å². The Hall–Kier alpha value is -3.97. The molecule has 1 aliphatic rings. The number of rotatable bonds is 12. The highest BCUT2D eigenvalue weighted by molar-refractivity contribution is 6.00. The first-order valence-corrected chi connectivity index (χ1v) is 12.8. The maximum absolute atomic E-state index is 13.0. The van der Waals surface area contributed by atoms with Gasteiger partial charge >= 0.3 is 12.1 Å². The summed E-state index contributed by atoms with van der Waals surface area (Å²) in [7, 11) is 0. The molecule has 0 saturated carbocycles. The molecule has 11 nitrogen and oxygen atoms in total. The van der Waals surface area contributed by atoms with E-state index in [1.807, 2.05) is 0 Å². The van der Waals surface area contributed by atoms with Gasteiger partial charge in [0.1, 0.15) is 12.1 Å². The molecule has 4 amide bonds. The zero-order chi connectivity index (χ0) is 30.2. The summed E-state index contributed by atoms with van der Waals surface area (Å²) < 4.78 is 38.9. The standard InChI is InChI=1S/C26H33F3N4O7/c1-14(2)20(21(36)26(27,28)29)32-24(39)18-6-5-13-33(18)25(40)15(3)31-23(38)17-10-8-16(9-11-17)22(37)30-12-4-7-19(34)35/h8-11,14-15,18,20H,4-7,12-13H2,1-3H3,(H,30,37)(H,31,38)(H,32,39)(H,34,35)/t15-,18-,20?/m0/s1. The maximum Gasteiger partial charge on any atom is 0.452 e. The molecule has 1 unspecified atom stereocenters. The highest BCUT2D eigenvalue weighted by atomic mass is 19.4. The van der Waals surface area contributed by atoms with E-state index in [-0.39, 0.29) is 43.5 Å². The molecule has 40 heavy (non-hydrogen) atoms. The van der Waals surface area contributed by atoms with Crippen molar-refractivity contribution in [2.45, 2.75) is 70.8 Å². The summed E-state index contributed by atoms with van der Waals surface area (Å²) in [6.07, 6.45) is -4.37. The first kappa shape index (κ1) is 32.2. The summed E-state index contributed by atoms with van der Waals surface area (Å²) in [4.78, 5) is 74.1. The fraction of sp³-hybridized carbons (Fsp3) is 0.538. The summed E-state index contributed by atoms with van der Waals surface area (Å²) in [6, 6.07) is 1.54. The van der Waals surface area contributed by atoms with Crippen LogP contribution < -0.4 is 16.0 Å². The Kier molecular flexibility index (Phi) is 11.2. The number of ketones is 1. The van der Waals surface area contributed by atoms with Gasteiger partial charge in [0.2, 0.25) is 11.8 Å². The molecule has 0 radical (unpaired) electrons. The van der Waals surface area contributed by atoms with E-state index in [0.717, 1.165) is 0 Å². The molecule has 1 saturated heterocycles. The number of Topliss-reactive ketones (excluding diaryl/α,β-unsaturated/α-hetero) is 1. The van der Waals surface area contributed by atoms with E-state index < -0.39 is 65.6 Å². The number of carbonyl (C=O) groups excluding carboxylic acids is 5. The summed E-state index contributed by atoms with van der Waals surface area (Å²) in [5.41, 5.74) is 0.383. The van der Waals surface area contributed by atoms with Gasteiger partial charge < -0.3 is 26.0 Å². The number of carbonyl (C=O) groups is 6. The van der Waals surface area contributed by atoms with Gasteiger partial charge in [0, 0.05) is 30.6 Å². The van der Waals surface area contributed by atoms with Crippen molar-refractivity contribution in [3.8, 4) is 0 Å². The van der Waals surface area contributed by atoms with Gasteiger partial charge in [0.15, 0.2) is 0 Å². The Morgan fingerprint density at radius 1 is 0.975 bits per heavy atom. The molecule has 2 rings (SSSR count). The number of likely N-dealkylation sites (tertiary alicyclic amines) is 1. The van der Waals surface area contributed by atoms with Gasteiger partial charge in [-0.2, -0.15) is 13.2 Å². The molecule has 1 aliphatic heterocycles. The number of halogens is 3. The first-order valence-electron chi connectivity index (χ1n) is 12.8. The third-order valence-corrected chi connectivity index (χ3v) is 6.35. The van der Waals surface area contributed by atoms with Crippen molar-refractivity contribution < 1.29 is 47.0 Å². The molecule has 0 bridgehead atoms. The van der Waals surface area contributed by atoms with Gasteiger partial charge in [0.25, 0.3) is 17.6 Å². The van der Waals surface area contributed by atoms with Gasteiger partial charge in [-0.05, 0) is 56.4 Å². The molecule has 1 heterocycles. The van der Waals surface area contributed by atoms with Crippen LogP contribution in [0.4, 0.5) is 13.2 Å². The molecule has 1 aromatic rings. The monoisotopic (exact) mass is 570 g/mol. The molecule has 3 atom stereocenters. The topological polar surface area (TPSA) is 162 Å². The predicted octanol–water partition coefficient (Wildman–Crippen LogP) is 1.66. The molecule has 1 fully saturated rings.